The van der Waals surface area contributed by atoms with Crippen molar-refractivity contribution in [2.45, 2.75) is 31.5 Å². The Morgan fingerprint density at radius 2 is 1.88 bits per heavy atom. The summed E-state index contributed by atoms with van der Waals surface area (Å²) in [4.78, 5) is 29.6. The first-order valence-corrected chi connectivity index (χ1v) is 10.4. The summed E-state index contributed by atoms with van der Waals surface area (Å²) >= 11 is 0. The SMILES string of the molecule is O=C1C2CC(CN2C(=O)c2ccno2)Oc2ccccc2N1Cc1ccc(OC(F)(F)F)cc1. The lowest BCUT2D eigenvalue weighted by atomic mass is 10.1. The predicted molar refractivity (Wildman–Crippen MR) is 111 cm³/mol. The largest absolute Gasteiger partial charge is 0.573 e. The van der Waals surface area contributed by atoms with Gasteiger partial charge in [-0.2, -0.15) is 0 Å². The maximum Gasteiger partial charge on any atom is 0.573 e. The summed E-state index contributed by atoms with van der Waals surface area (Å²) in [5.41, 5.74) is 1.08. The molecule has 8 nitrogen and oxygen atoms in total. The minimum Gasteiger partial charge on any atom is -0.486 e. The van der Waals surface area contributed by atoms with Gasteiger partial charge in [-0.3, -0.25) is 9.59 Å². The summed E-state index contributed by atoms with van der Waals surface area (Å²) in [6, 6.07) is 12.9. The molecule has 1 aromatic heterocycles. The van der Waals surface area contributed by atoms with Crippen LogP contribution in [-0.4, -0.2) is 46.9 Å². The number of carbonyl (C=O) groups is 2. The number of carbonyl (C=O) groups excluding carboxylic acids is 2. The number of nitrogens with zero attached hydrogens (tertiary/aromatic N) is 3. The number of anilines is 1. The Bertz CT molecular complexity index is 1200. The third kappa shape index (κ3) is 4.28. The number of hydrogen-bond donors (Lipinski definition) is 0. The molecule has 1 fully saturated rings. The molecule has 34 heavy (non-hydrogen) atoms. The second kappa shape index (κ2) is 8.40. The number of benzene rings is 2. The number of amides is 2. The van der Waals surface area contributed by atoms with Crippen LogP contribution in [0.25, 0.3) is 0 Å². The second-order valence-corrected chi connectivity index (χ2v) is 7.91. The Labute approximate surface area is 191 Å². The highest BCUT2D eigenvalue weighted by Gasteiger charge is 2.45. The zero-order valence-corrected chi connectivity index (χ0v) is 17.6. The molecule has 0 radical (unpaired) electrons. The fourth-order valence-electron chi connectivity index (χ4n) is 4.21. The Balaban J connectivity index is 1.46. The molecule has 0 N–H and O–H groups in total. The van der Waals surface area contributed by atoms with Gasteiger partial charge in [-0.1, -0.05) is 29.4 Å². The van der Waals surface area contributed by atoms with Gasteiger partial charge in [-0.25, -0.2) is 0 Å². The molecular formula is C23H18F3N3O5. The van der Waals surface area contributed by atoms with E-state index in [4.69, 9.17) is 9.26 Å². The molecule has 2 amide bonds. The van der Waals surface area contributed by atoms with Crippen molar-refractivity contribution in [1.82, 2.24) is 10.1 Å². The first kappa shape index (κ1) is 21.8. The third-order valence-corrected chi connectivity index (χ3v) is 5.67. The normalized spacial score (nSPS) is 19.8. The van der Waals surface area contributed by atoms with Crippen LogP contribution in [0.2, 0.25) is 0 Å². The summed E-state index contributed by atoms with van der Waals surface area (Å²) < 4.78 is 52.5. The quantitative estimate of drug-likeness (QED) is 0.574. The number of halogens is 3. The van der Waals surface area contributed by atoms with Crippen LogP contribution in [-0.2, 0) is 11.3 Å². The maximum atomic E-state index is 13.7. The highest BCUT2D eigenvalue weighted by atomic mass is 19.4. The van der Waals surface area contributed by atoms with Crippen molar-refractivity contribution >= 4 is 17.5 Å². The lowest BCUT2D eigenvalue weighted by Gasteiger charge is -2.31. The van der Waals surface area contributed by atoms with Crippen LogP contribution < -0.4 is 14.4 Å². The zero-order valence-electron chi connectivity index (χ0n) is 17.6. The average Bonchev–Trinajstić information content (AvgIpc) is 3.47. The number of ether oxygens (including phenoxy) is 2. The standard InChI is InChI=1S/C23H18F3N3O5/c24-23(25,26)33-15-7-5-14(6-8-15)12-28-17-3-1-2-4-19(17)32-16-11-18(21(28)30)29(13-16)22(31)20-9-10-27-34-20/h1-10,16,18H,11-13H2. The van der Waals surface area contributed by atoms with Crippen molar-refractivity contribution in [3.63, 3.8) is 0 Å². The lowest BCUT2D eigenvalue weighted by molar-refractivity contribution is -0.274. The Morgan fingerprint density at radius 3 is 2.59 bits per heavy atom. The molecule has 176 valence electrons. The van der Waals surface area contributed by atoms with E-state index in [-0.39, 0.29) is 36.6 Å². The summed E-state index contributed by atoms with van der Waals surface area (Å²) in [6.45, 7) is 0.249. The van der Waals surface area contributed by atoms with E-state index in [1.807, 2.05) is 0 Å². The van der Waals surface area contributed by atoms with Gasteiger partial charge >= 0.3 is 6.36 Å². The molecule has 2 atom stereocenters. The molecule has 3 heterocycles. The lowest BCUT2D eigenvalue weighted by Crippen LogP contribution is -2.47. The van der Waals surface area contributed by atoms with E-state index in [0.29, 0.717) is 23.4 Å². The van der Waals surface area contributed by atoms with Crippen LogP contribution in [0.5, 0.6) is 11.5 Å². The zero-order chi connectivity index (χ0) is 23.9. The van der Waals surface area contributed by atoms with E-state index in [2.05, 4.69) is 9.89 Å². The summed E-state index contributed by atoms with van der Waals surface area (Å²) in [5.74, 6) is -0.669. The molecule has 11 heteroatoms. The molecule has 5 rings (SSSR count). The Hall–Kier alpha value is -4.02. The summed E-state index contributed by atoms with van der Waals surface area (Å²) in [6.07, 6.45) is -3.54. The molecule has 1 saturated heterocycles. The van der Waals surface area contributed by atoms with E-state index in [9.17, 15) is 22.8 Å². The number of fused-ring (bicyclic) bond motifs is 3. The third-order valence-electron chi connectivity index (χ3n) is 5.67. The Kier molecular flexibility index (Phi) is 5.39. The molecule has 0 aliphatic carbocycles. The minimum atomic E-state index is -4.80. The highest BCUT2D eigenvalue weighted by Crippen LogP contribution is 2.37. The first-order valence-electron chi connectivity index (χ1n) is 10.4. The van der Waals surface area contributed by atoms with Gasteiger partial charge in [0.05, 0.1) is 25.0 Å². The van der Waals surface area contributed by atoms with Gasteiger partial charge in [0.15, 0.2) is 0 Å². The number of likely N-dealkylation sites (tertiary alicyclic amines) is 1. The van der Waals surface area contributed by atoms with Crippen molar-refractivity contribution in [3.05, 3.63) is 72.1 Å². The van der Waals surface area contributed by atoms with Crippen molar-refractivity contribution in [2.75, 3.05) is 11.4 Å². The number of alkyl halides is 3. The minimum absolute atomic E-state index is 0.0158. The van der Waals surface area contributed by atoms with E-state index >= 15 is 0 Å². The van der Waals surface area contributed by atoms with Crippen molar-refractivity contribution in [1.29, 1.82) is 0 Å². The molecule has 0 spiro atoms. The van der Waals surface area contributed by atoms with Crippen molar-refractivity contribution in [2.24, 2.45) is 0 Å². The molecule has 2 bridgehead atoms. The second-order valence-electron chi connectivity index (χ2n) is 7.91. The van der Waals surface area contributed by atoms with Crippen LogP contribution in [0.15, 0.2) is 65.3 Å². The number of rotatable bonds is 4. The van der Waals surface area contributed by atoms with Crippen LogP contribution in [0.3, 0.4) is 0 Å². The molecule has 2 aliphatic rings. The van der Waals surface area contributed by atoms with Gasteiger partial charge in [0.1, 0.15) is 23.6 Å². The van der Waals surface area contributed by atoms with Crippen LogP contribution in [0, 0.1) is 0 Å². The number of hydrogen-bond acceptors (Lipinski definition) is 6. The highest BCUT2D eigenvalue weighted by molar-refractivity contribution is 6.03. The van der Waals surface area contributed by atoms with Crippen LogP contribution in [0.4, 0.5) is 18.9 Å². The maximum absolute atomic E-state index is 13.7. The van der Waals surface area contributed by atoms with Crippen LogP contribution in [0.1, 0.15) is 22.5 Å². The molecule has 0 saturated carbocycles. The molecule has 2 aliphatic heterocycles. The van der Waals surface area contributed by atoms with Crippen LogP contribution >= 0.6 is 0 Å². The van der Waals surface area contributed by atoms with Gasteiger partial charge in [0, 0.05) is 12.5 Å². The first-order chi connectivity index (χ1) is 16.3. The van der Waals surface area contributed by atoms with Gasteiger partial charge < -0.3 is 23.8 Å². The molecule has 2 unspecified atom stereocenters. The Morgan fingerprint density at radius 1 is 1.12 bits per heavy atom. The van der Waals surface area contributed by atoms with E-state index in [1.54, 1.807) is 24.3 Å². The van der Waals surface area contributed by atoms with Crippen molar-refractivity contribution in [3.8, 4) is 11.5 Å². The van der Waals surface area contributed by atoms with E-state index < -0.39 is 18.3 Å². The molecule has 2 aromatic carbocycles. The molecule has 3 aromatic rings. The number of aromatic nitrogens is 1. The van der Waals surface area contributed by atoms with E-state index in [0.717, 1.165) is 0 Å². The predicted octanol–water partition coefficient (Wildman–Crippen LogP) is 3.78. The molecular weight excluding hydrogens is 455 g/mol. The van der Waals surface area contributed by atoms with Gasteiger partial charge in [-0.05, 0) is 29.8 Å². The summed E-state index contributed by atoms with van der Waals surface area (Å²) in [7, 11) is 0. The topological polar surface area (TPSA) is 85.1 Å². The number of para-hydroxylation sites is 2. The smallest absolute Gasteiger partial charge is 0.486 e. The van der Waals surface area contributed by atoms with Crippen molar-refractivity contribution < 1.29 is 36.8 Å². The fraction of sp³-hybridized carbons (Fsp3) is 0.261. The van der Waals surface area contributed by atoms with Gasteiger partial charge in [0.25, 0.3) is 5.91 Å². The monoisotopic (exact) mass is 473 g/mol. The fourth-order valence-corrected chi connectivity index (χ4v) is 4.21. The summed E-state index contributed by atoms with van der Waals surface area (Å²) in [5, 5.41) is 3.56. The van der Waals surface area contributed by atoms with Gasteiger partial charge in [0.2, 0.25) is 11.7 Å². The average molecular weight is 473 g/mol. The van der Waals surface area contributed by atoms with Gasteiger partial charge in [-0.15, -0.1) is 13.2 Å². The van der Waals surface area contributed by atoms with E-state index in [1.165, 1.54) is 46.3 Å².